The van der Waals surface area contributed by atoms with Crippen LogP contribution in [0.4, 0.5) is 0 Å². The van der Waals surface area contributed by atoms with Gasteiger partial charge in [-0.3, -0.25) is 4.79 Å². The first-order valence-corrected chi connectivity index (χ1v) is 11.9. The molecule has 1 heterocycles. The topological polar surface area (TPSA) is 75.7 Å². The SMILES string of the molecule is CC1CCN(S(=O)(=O)c2ccc(OCC(=O)N[C@@H](C)c3ccc(Cl)cc3)cc2)CC1. The van der Waals surface area contributed by atoms with Gasteiger partial charge in [0.1, 0.15) is 5.75 Å². The number of sulfonamides is 1. The van der Waals surface area contributed by atoms with Crippen molar-refractivity contribution in [2.45, 2.75) is 37.6 Å². The van der Waals surface area contributed by atoms with Gasteiger partial charge in [0.15, 0.2) is 6.61 Å². The number of piperidine rings is 1. The maximum atomic E-state index is 12.8. The molecule has 1 amide bonds. The number of hydrogen-bond donors (Lipinski definition) is 1. The third kappa shape index (κ3) is 5.74. The van der Waals surface area contributed by atoms with Crippen LogP contribution in [0.3, 0.4) is 0 Å². The molecule has 0 unspecified atom stereocenters. The number of ether oxygens (including phenoxy) is 1. The molecule has 162 valence electrons. The number of halogens is 1. The van der Waals surface area contributed by atoms with E-state index in [0.29, 0.717) is 29.8 Å². The van der Waals surface area contributed by atoms with Crippen LogP contribution >= 0.6 is 11.6 Å². The molecule has 3 rings (SSSR count). The predicted molar refractivity (Wildman–Crippen MR) is 117 cm³/mol. The van der Waals surface area contributed by atoms with Crippen molar-refractivity contribution < 1.29 is 17.9 Å². The first-order chi connectivity index (χ1) is 14.3. The van der Waals surface area contributed by atoms with Crippen LogP contribution in [0.2, 0.25) is 5.02 Å². The van der Waals surface area contributed by atoms with Gasteiger partial charge in [0.05, 0.1) is 10.9 Å². The zero-order chi connectivity index (χ0) is 21.7. The van der Waals surface area contributed by atoms with Crippen molar-refractivity contribution in [3.05, 3.63) is 59.1 Å². The Bertz CT molecular complexity index is 954. The van der Waals surface area contributed by atoms with E-state index in [4.69, 9.17) is 16.3 Å². The lowest BCUT2D eigenvalue weighted by Gasteiger charge is -2.29. The average Bonchev–Trinajstić information content (AvgIpc) is 2.73. The lowest BCUT2D eigenvalue weighted by molar-refractivity contribution is -0.123. The first-order valence-electron chi connectivity index (χ1n) is 10.0. The summed E-state index contributed by atoms with van der Waals surface area (Å²) in [4.78, 5) is 12.4. The molecule has 1 saturated heterocycles. The van der Waals surface area contributed by atoms with Gasteiger partial charge in [0.25, 0.3) is 5.91 Å². The number of carbonyl (C=O) groups is 1. The molecule has 1 N–H and O–H groups in total. The summed E-state index contributed by atoms with van der Waals surface area (Å²) in [6.45, 7) is 4.96. The van der Waals surface area contributed by atoms with E-state index in [0.717, 1.165) is 18.4 Å². The molecule has 0 bridgehead atoms. The molecule has 1 fully saturated rings. The molecule has 2 aromatic rings. The highest BCUT2D eigenvalue weighted by Gasteiger charge is 2.27. The fraction of sp³-hybridized carbons (Fsp3) is 0.409. The number of hydrogen-bond acceptors (Lipinski definition) is 4. The van der Waals surface area contributed by atoms with Crippen LogP contribution in [0, 0.1) is 5.92 Å². The van der Waals surface area contributed by atoms with Crippen LogP contribution in [-0.2, 0) is 14.8 Å². The number of rotatable bonds is 7. The maximum absolute atomic E-state index is 12.8. The van der Waals surface area contributed by atoms with Gasteiger partial charge in [0, 0.05) is 18.1 Å². The molecule has 0 aliphatic carbocycles. The van der Waals surface area contributed by atoms with Crippen LogP contribution in [0.5, 0.6) is 5.75 Å². The molecule has 0 aromatic heterocycles. The summed E-state index contributed by atoms with van der Waals surface area (Å²) >= 11 is 5.88. The largest absolute Gasteiger partial charge is 0.484 e. The molecule has 30 heavy (non-hydrogen) atoms. The molecule has 0 radical (unpaired) electrons. The van der Waals surface area contributed by atoms with E-state index in [1.165, 1.54) is 16.4 Å². The normalized spacial score (nSPS) is 16.8. The summed E-state index contributed by atoms with van der Waals surface area (Å²) in [5, 5.41) is 3.50. The molecule has 0 saturated carbocycles. The highest BCUT2D eigenvalue weighted by molar-refractivity contribution is 7.89. The zero-order valence-corrected chi connectivity index (χ0v) is 18.7. The fourth-order valence-corrected chi connectivity index (χ4v) is 4.94. The molecule has 1 aliphatic rings. The Balaban J connectivity index is 1.53. The fourth-order valence-electron chi connectivity index (χ4n) is 3.35. The smallest absolute Gasteiger partial charge is 0.258 e. The molecule has 2 aromatic carbocycles. The van der Waals surface area contributed by atoms with Crippen LogP contribution in [0.25, 0.3) is 0 Å². The third-order valence-electron chi connectivity index (χ3n) is 5.32. The molecular formula is C22H27ClN2O4S. The minimum atomic E-state index is -3.49. The van der Waals surface area contributed by atoms with Gasteiger partial charge in [-0.05, 0) is 67.6 Å². The standard InChI is InChI=1S/C22H27ClN2O4S/c1-16-11-13-25(14-12-16)30(27,28)21-9-7-20(8-10-21)29-15-22(26)24-17(2)18-3-5-19(23)6-4-18/h3-10,16-17H,11-15H2,1-2H3,(H,24,26)/t17-/m0/s1. The second-order valence-corrected chi connectivity index (χ2v) is 10.1. The Labute approximate surface area is 183 Å². The predicted octanol–water partition coefficient (Wildman–Crippen LogP) is 4.02. The van der Waals surface area contributed by atoms with Crippen molar-refractivity contribution in [2.75, 3.05) is 19.7 Å². The van der Waals surface area contributed by atoms with Crippen molar-refractivity contribution in [1.82, 2.24) is 9.62 Å². The van der Waals surface area contributed by atoms with E-state index >= 15 is 0 Å². The van der Waals surface area contributed by atoms with Crippen molar-refractivity contribution in [1.29, 1.82) is 0 Å². The van der Waals surface area contributed by atoms with E-state index < -0.39 is 10.0 Å². The van der Waals surface area contributed by atoms with Crippen LogP contribution in [0.15, 0.2) is 53.4 Å². The quantitative estimate of drug-likeness (QED) is 0.691. The van der Waals surface area contributed by atoms with E-state index in [1.807, 2.05) is 19.1 Å². The minimum absolute atomic E-state index is 0.159. The number of nitrogens with zero attached hydrogens (tertiary/aromatic N) is 1. The molecule has 1 aliphatic heterocycles. The summed E-state index contributed by atoms with van der Waals surface area (Å²) in [6, 6.07) is 13.3. The molecule has 8 heteroatoms. The van der Waals surface area contributed by atoms with Crippen LogP contribution in [-0.4, -0.2) is 38.3 Å². The van der Waals surface area contributed by atoms with Gasteiger partial charge in [-0.25, -0.2) is 8.42 Å². The van der Waals surface area contributed by atoms with Gasteiger partial charge >= 0.3 is 0 Å². The Morgan fingerprint density at radius 2 is 1.73 bits per heavy atom. The van der Waals surface area contributed by atoms with Gasteiger partial charge in [-0.2, -0.15) is 4.31 Å². The lowest BCUT2D eigenvalue weighted by atomic mass is 10.0. The highest BCUT2D eigenvalue weighted by atomic mass is 35.5. The number of amides is 1. The summed E-state index contributed by atoms with van der Waals surface area (Å²) in [7, 11) is -3.49. The average molecular weight is 451 g/mol. The maximum Gasteiger partial charge on any atom is 0.258 e. The van der Waals surface area contributed by atoms with Gasteiger partial charge in [0.2, 0.25) is 10.0 Å². The molecule has 1 atom stereocenters. The van der Waals surface area contributed by atoms with Crippen molar-refractivity contribution in [3.8, 4) is 5.75 Å². The molecule has 6 nitrogen and oxygen atoms in total. The second kappa shape index (κ2) is 9.81. The summed E-state index contributed by atoms with van der Waals surface area (Å²) in [6.07, 6.45) is 1.76. The van der Waals surface area contributed by atoms with Crippen molar-refractivity contribution in [3.63, 3.8) is 0 Å². The third-order valence-corrected chi connectivity index (χ3v) is 7.49. The molecule has 0 spiro atoms. The molecular weight excluding hydrogens is 424 g/mol. The summed E-state index contributed by atoms with van der Waals surface area (Å²) in [5.41, 5.74) is 0.939. The van der Waals surface area contributed by atoms with Crippen LogP contribution in [0.1, 0.15) is 38.3 Å². The highest BCUT2D eigenvalue weighted by Crippen LogP contribution is 2.25. The summed E-state index contributed by atoms with van der Waals surface area (Å²) < 4.78 is 32.6. The van der Waals surface area contributed by atoms with E-state index in [-0.39, 0.29) is 23.5 Å². The van der Waals surface area contributed by atoms with Gasteiger partial charge < -0.3 is 10.1 Å². The monoisotopic (exact) mass is 450 g/mol. The van der Waals surface area contributed by atoms with Gasteiger partial charge in [-0.1, -0.05) is 30.7 Å². The first kappa shape index (κ1) is 22.6. The van der Waals surface area contributed by atoms with Gasteiger partial charge in [-0.15, -0.1) is 0 Å². The number of benzene rings is 2. The Hall–Kier alpha value is -2.09. The Morgan fingerprint density at radius 3 is 2.33 bits per heavy atom. The zero-order valence-electron chi connectivity index (χ0n) is 17.2. The van der Waals surface area contributed by atoms with Crippen molar-refractivity contribution >= 4 is 27.5 Å². The number of nitrogens with one attached hydrogen (secondary N) is 1. The van der Waals surface area contributed by atoms with Crippen LogP contribution < -0.4 is 10.1 Å². The van der Waals surface area contributed by atoms with E-state index in [2.05, 4.69) is 12.2 Å². The second-order valence-electron chi connectivity index (χ2n) is 7.69. The van der Waals surface area contributed by atoms with E-state index in [9.17, 15) is 13.2 Å². The number of carbonyl (C=O) groups excluding carboxylic acids is 1. The minimum Gasteiger partial charge on any atom is -0.484 e. The Kier molecular flexibility index (Phi) is 7.39. The lowest BCUT2D eigenvalue weighted by Crippen LogP contribution is -2.37. The Morgan fingerprint density at radius 1 is 1.13 bits per heavy atom. The van der Waals surface area contributed by atoms with E-state index in [1.54, 1.807) is 24.3 Å². The van der Waals surface area contributed by atoms with Crippen molar-refractivity contribution in [2.24, 2.45) is 5.92 Å². The summed E-state index contributed by atoms with van der Waals surface area (Å²) in [5.74, 6) is 0.730.